The molecule has 1 atom stereocenters. The van der Waals surface area contributed by atoms with Crippen LogP contribution in [0.3, 0.4) is 0 Å². The molecular weight excluding hydrogens is 318 g/mol. The highest BCUT2D eigenvalue weighted by Gasteiger charge is 2.26. The number of rotatable bonds is 5. The number of hydrogen-bond donors (Lipinski definition) is 0. The maximum Gasteiger partial charge on any atom is 0.266 e. The zero-order valence-electron chi connectivity index (χ0n) is 13.8. The number of pyridine rings is 1. The molecule has 0 radical (unpaired) electrons. The Hall–Kier alpha value is -2.80. The minimum atomic E-state index is -0.0841. The van der Waals surface area contributed by atoms with E-state index < -0.39 is 0 Å². The van der Waals surface area contributed by atoms with Gasteiger partial charge < -0.3 is 4.52 Å². The Kier molecular flexibility index (Phi) is 4.39. The highest BCUT2D eigenvalue weighted by atomic mass is 16.5. The molecule has 0 aliphatic carbocycles. The Morgan fingerprint density at radius 2 is 2.16 bits per heavy atom. The summed E-state index contributed by atoms with van der Waals surface area (Å²) >= 11 is 0. The summed E-state index contributed by atoms with van der Waals surface area (Å²) in [5.74, 6) is 0.844. The summed E-state index contributed by atoms with van der Waals surface area (Å²) in [5, 5.41) is 8.30. The Morgan fingerprint density at radius 3 is 2.96 bits per heavy atom. The van der Waals surface area contributed by atoms with Gasteiger partial charge in [0.05, 0.1) is 25.0 Å². The van der Waals surface area contributed by atoms with Crippen LogP contribution in [0.2, 0.25) is 0 Å². The summed E-state index contributed by atoms with van der Waals surface area (Å²) in [5.41, 5.74) is 1.58. The zero-order chi connectivity index (χ0) is 17.1. The lowest BCUT2D eigenvalue weighted by Gasteiger charge is -2.23. The molecule has 0 saturated carbocycles. The van der Waals surface area contributed by atoms with Gasteiger partial charge in [-0.2, -0.15) is 5.10 Å². The van der Waals surface area contributed by atoms with Crippen LogP contribution in [0.1, 0.15) is 18.6 Å². The summed E-state index contributed by atoms with van der Waals surface area (Å²) in [4.78, 5) is 18.7. The fraction of sp³-hybridized carbons (Fsp3) is 0.333. The molecule has 1 fully saturated rings. The lowest BCUT2D eigenvalue weighted by molar-refractivity contribution is 0.194. The van der Waals surface area contributed by atoms with Crippen molar-refractivity contribution >= 4 is 0 Å². The summed E-state index contributed by atoms with van der Waals surface area (Å²) in [6, 6.07) is 9.27. The molecule has 0 amide bonds. The topological polar surface area (TPSA) is 77.1 Å². The maximum atomic E-state index is 12.3. The molecule has 0 bridgehead atoms. The molecule has 3 aromatic heterocycles. The molecule has 0 N–H and O–H groups in total. The van der Waals surface area contributed by atoms with Crippen molar-refractivity contribution in [1.29, 1.82) is 0 Å². The molecule has 0 spiro atoms. The van der Waals surface area contributed by atoms with Gasteiger partial charge in [0.15, 0.2) is 5.76 Å². The number of likely N-dealkylation sites (tertiary alicyclic amines) is 1. The van der Waals surface area contributed by atoms with E-state index in [1.165, 1.54) is 0 Å². The van der Waals surface area contributed by atoms with Crippen molar-refractivity contribution in [2.45, 2.75) is 32.0 Å². The van der Waals surface area contributed by atoms with E-state index in [1.54, 1.807) is 35.4 Å². The SMILES string of the molecule is O=c1ccc(-c2cccnc2)nn1CC1CCCN1Cc1ccno1. The van der Waals surface area contributed by atoms with Crippen LogP contribution < -0.4 is 5.56 Å². The van der Waals surface area contributed by atoms with E-state index in [1.807, 2.05) is 18.2 Å². The average Bonchev–Trinajstić information content (AvgIpc) is 3.31. The molecule has 7 nitrogen and oxygen atoms in total. The van der Waals surface area contributed by atoms with E-state index in [2.05, 4.69) is 20.1 Å². The van der Waals surface area contributed by atoms with Crippen molar-refractivity contribution in [3.05, 3.63) is 65.0 Å². The molecule has 0 aromatic carbocycles. The van der Waals surface area contributed by atoms with Crippen molar-refractivity contribution in [2.75, 3.05) is 6.54 Å². The lowest BCUT2D eigenvalue weighted by atomic mass is 10.2. The fourth-order valence-electron chi connectivity index (χ4n) is 3.28. The minimum Gasteiger partial charge on any atom is -0.360 e. The normalized spacial score (nSPS) is 17.8. The van der Waals surface area contributed by atoms with Gasteiger partial charge in [-0.25, -0.2) is 4.68 Å². The van der Waals surface area contributed by atoms with Crippen molar-refractivity contribution in [3.63, 3.8) is 0 Å². The van der Waals surface area contributed by atoms with Crippen LogP contribution in [0.25, 0.3) is 11.3 Å². The second-order valence-electron chi connectivity index (χ2n) is 6.23. The van der Waals surface area contributed by atoms with E-state index in [0.29, 0.717) is 13.1 Å². The molecule has 1 saturated heterocycles. The Labute approximate surface area is 144 Å². The second kappa shape index (κ2) is 6.98. The molecule has 3 aromatic rings. The van der Waals surface area contributed by atoms with E-state index in [4.69, 9.17) is 4.52 Å². The molecule has 25 heavy (non-hydrogen) atoms. The van der Waals surface area contributed by atoms with E-state index in [0.717, 1.165) is 36.4 Å². The molecule has 4 heterocycles. The van der Waals surface area contributed by atoms with Gasteiger partial charge in [-0.15, -0.1) is 0 Å². The number of nitrogens with zero attached hydrogens (tertiary/aromatic N) is 5. The van der Waals surface area contributed by atoms with Crippen LogP contribution in [0.15, 0.2) is 58.2 Å². The molecule has 1 aliphatic heterocycles. The highest BCUT2D eigenvalue weighted by Crippen LogP contribution is 2.21. The van der Waals surface area contributed by atoms with Crippen LogP contribution in [0, 0.1) is 0 Å². The van der Waals surface area contributed by atoms with Crippen molar-refractivity contribution in [2.24, 2.45) is 0 Å². The first-order chi connectivity index (χ1) is 12.3. The largest absolute Gasteiger partial charge is 0.360 e. The van der Waals surface area contributed by atoms with Gasteiger partial charge in [-0.3, -0.25) is 14.7 Å². The summed E-state index contributed by atoms with van der Waals surface area (Å²) in [6.07, 6.45) is 7.28. The van der Waals surface area contributed by atoms with Gasteiger partial charge in [-0.1, -0.05) is 5.16 Å². The van der Waals surface area contributed by atoms with Gasteiger partial charge in [-0.05, 0) is 37.6 Å². The average molecular weight is 337 g/mol. The molecule has 4 rings (SSSR count). The molecule has 1 unspecified atom stereocenters. The number of aromatic nitrogens is 4. The second-order valence-corrected chi connectivity index (χ2v) is 6.23. The molecule has 128 valence electrons. The van der Waals surface area contributed by atoms with Crippen LogP contribution in [-0.2, 0) is 13.1 Å². The smallest absolute Gasteiger partial charge is 0.266 e. The van der Waals surface area contributed by atoms with E-state index >= 15 is 0 Å². The van der Waals surface area contributed by atoms with Crippen molar-refractivity contribution in [1.82, 2.24) is 24.8 Å². The monoisotopic (exact) mass is 337 g/mol. The quantitative estimate of drug-likeness (QED) is 0.708. The van der Waals surface area contributed by atoms with Crippen LogP contribution >= 0.6 is 0 Å². The van der Waals surface area contributed by atoms with E-state index in [9.17, 15) is 4.79 Å². The predicted molar refractivity (Wildman–Crippen MR) is 91.7 cm³/mol. The molecule has 1 aliphatic rings. The van der Waals surface area contributed by atoms with Gasteiger partial charge in [0.25, 0.3) is 5.56 Å². The van der Waals surface area contributed by atoms with Gasteiger partial charge in [0, 0.05) is 36.1 Å². The summed E-state index contributed by atoms with van der Waals surface area (Å²) in [7, 11) is 0. The minimum absolute atomic E-state index is 0.0841. The van der Waals surface area contributed by atoms with E-state index in [-0.39, 0.29) is 11.6 Å². The first-order valence-electron chi connectivity index (χ1n) is 8.42. The van der Waals surface area contributed by atoms with Crippen LogP contribution in [0.5, 0.6) is 0 Å². The Bertz CT molecular complexity index is 876. The fourth-order valence-corrected chi connectivity index (χ4v) is 3.28. The van der Waals surface area contributed by atoms with Gasteiger partial charge in [0.1, 0.15) is 0 Å². The van der Waals surface area contributed by atoms with Crippen molar-refractivity contribution in [3.8, 4) is 11.3 Å². The standard InChI is InChI=1S/C18H19N5O2/c24-18-6-5-17(14-3-1-8-19-11-14)21-23(18)12-15-4-2-10-22(15)13-16-7-9-20-25-16/h1,3,5-9,11,15H,2,4,10,12-13H2. The predicted octanol–water partition coefficient (Wildman–Crippen LogP) is 1.96. The molecular formula is C18H19N5O2. The Balaban J connectivity index is 1.54. The zero-order valence-corrected chi connectivity index (χ0v) is 13.8. The third kappa shape index (κ3) is 3.51. The third-order valence-electron chi connectivity index (χ3n) is 4.56. The number of hydrogen-bond acceptors (Lipinski definition) is 6. The Morgan fingerprint density at radius 1 is 1.20 bits per heavy atom. The van der Waals surface area contributed by atoms with Crippen LogP contribution in [0.4, 0.5) is 0 Å². The highest BCUT2D eigenvalue weighted by molar-refractivity contribution is 5.56. The first-order valence-corrected chi connectivity index (χ1v) is 8.42. The van der Waals surface area contributed by atoms with Crippen molar-refractivity contribution < 1.29 is 4.52 Å². The van der Waals surface area contributed by atoms with Gasteiger partial charge in [0.2, 0.25) is 0 Å². The summed E-state index contributed by atoms with van der Waals surface area (Å²) < 4.78 is 6.77. The lowest BCUT2D eigenvalue weighted by Crippen LogP contribution is -2.36. The summed E-state index contributed by atoms with van der Waals surface area (Å²) in [6.45, 7) is 2.27. The van der Waals surface area contributed by atoms with Crippen LogP contribution in [-0.4, -0.2) is 37.4 Å². The third-order valence-corrected chi connectivity index (χ3v) is 4.56. The van der Waals surface area contributed by atoms with Gasteiger partial charge >= 0.3 is 0 Å². The maximum absolute atomic E-state index is 12.3. The first kappa shape index (κ1) is 15.7. The molecule has 7 heteroatoms.